The fourth-order valence-corrected chi connectivity index (χ4v) is 2.83. The Morgan fingerprint density at radius 3 is 2.66 bits per heavy atom. The van der Waals surface area contributed by atoms with Gasteiger partial charge in [-0.05, 0) is 25.1 Å². The van der Waals surface area contributed by atoms with Crippen LogP contribution >= 0.6 is 0 Å². The molecule has 1 heterocycles. The number of nitrogens with two attached hydrogens (primary N) is 1. The highest BCUT2D eigenvalue weighted by molar-refractivity contribution is 6.11. The molecule has 0 saturated heterocycles. The van der Waals surface area contributed by atoms with Gasteiger partial charge in [-0.3, -0.25) is 25.0 Å². The number of carbonyl (C=O) groups is 2. The summed E-state index contributed by atoms with van der Waals surface area (Å²) in [5.41, 5.74) is 7.71. The molecule has 1 unspecified atom stereocenters. The average Bonchev–Trinajstić information content (AvgIpc) is 3.08. The Labute approximate surface area is 182 Å². The summed E-state index contributed by atoms with van der Waals surface area (Å²) in [5.74, 6) is -0.909. The number of ether oxygens (including phenoxy) is 1. The average molecular weight is 439 g/mol. The largest absolute Gasteiger partial charge is 0.494 e. The van der Waals surface area contributed by atoms with Crippen LogP contribution in [0.5, 0.6) is 5.75 Å². The number of carbonyl (C=O) groups excluding carboxylic acids is 2. The third-order valence-corrected chi connectivity index (χ3v) is 4.41. The number of methoxy groups -OCH3 is 1. The smallest absolute Gasteiger partial charge is 0.273 e. The molecule has 2 amide bonds. The van der Waals surface area contributed by atoms with Crippen LogP contribution in [0, 0.1) is 17.0 Å². The molecule has 2 aromatic rings. The SMILES string of the molecule is COc1cc([N+](=O)[O-])ccc1NC(=O)CC1N=C(/N=C(\N)Nc2ccc(C)cc2)NC1=O. The minimum absolute atomic E-state index is 0.0159. The fourth-order valence-electron chi connectivity index (χ4n) is 2.83. The standard InChI is InChI=1S/C20H21N7O5/c1-11-3-5-12(6-4-11)22-19(21)26-20-24-15(18(29)25-20)10-17(28)23-14-8-7-13(27(30)31)9-16(14)32-2/h3-9,15H,10H2,1-2H3,(H,23,28)(H4,21,22,24,25,26,29). The topological polar surface area (TPSA) is 173 Å². The van der Waals surface area contributed by atoms with Crippen molar-refractivity contribution in [3.05, 3.63) is 58.1 Å². The van der Waals surface area contributed by atoms with E-state index in [0.717, 1.165) is 11.3 Å². The van der Waals surface area contributed by atoms with Gasteiger partial charge in [-0.1, -0.05) is 17.7 Å². The van der Waals surface area contributed by atoms with Crippen LogP contribution in [0.4, 0.5) is 17.1 Å². The number of aryl methyl sites for hydroxylation is 1. The predicted octanol–water partition coefficient (Wildman–Crippen LogP) is 1.52. The van der Waals surface area contributed by atoms with E-state index in [0.29, 0.717) is 0 Å². The number of nitro groups is 1. The van der Waals surface area contributed by atoms with Gasteiger partial charge in [0.1, 0.15) is 11.8 Å². The number of benzene rings is 2. The van der Waals surface area contributed by atoms with Gasteiger partial charge < -0.3 is 21.1 Å². The maximum atomic E-state index is 12.4. The lowest BCUT2D eigenvalue weighted by atomic mass is 10.2. The van der Waals surface area contributed by atoms with Crippen molar-refractivity contribution >= 4 is 40.8 Å². The van der Waals surface area contributed by atoms with E-state index in [9.17, 15) is 19.7 Å². The van der Waals surface area contributed by atoms with Gasteiger partial charge in [0.05, 0.1) is 30.2 Å². The second-order valence-electron chi connectivity index (χ2n) is 6.84. The van der Waals surface area contributed by atoms with Gasteiger partial charge >= 0.3 is 0 Å². The maximum Gasteiger partial charge on any atom is 0.273 e. The zero-order valence-electron chi connectivity index (χ0n) is 17.3. The number of non-ortho nitro benzene ring substituents is 1. The third kappa shape index (κ3) is 5.56. The number of amides is 2. The van der Waals surface area contributed by atoms with Crippen LogP contribution < -0.4 is 26.4 Å². The van der Waals surface area contributed by atoms with Crippen molar-refractivity contribution in [3.8, 4) is 5.75 Å². The molecule has 1 aliphatic heterocycles. The summed E-state index contributed by atoms with van der Waals surface area (Å²) in [7, 11) is 1.32. The van der Waals surface area contributed by atoms with Crippen LogP contribution in [0.3, 0.4) is 0 Å². The van der Waals surface area contributed by atoms with E-state index < -0.39 is 22.8 Å². The summed E-state index contributed by atoms with van der Waals surface area (Å²) >= 11 is 0. The van der Waals surface area contributed by atoms with Crippen LogP contribution in [0.25, 0.3) is 0 Å². The van der Waals surface area contributed by atoms with E-state index in [1.54, 1.807) is 0 Å². The summed E-state index contributed by atoms with van der Waals surface area (Å²) < 4.78 is 5.08. The molecular weight excluding hydrogens is 418 g/mol. The van der Waals surface area contributed by atoms with E-state index in [1.807, 2.05) is 31.2 Å². The molecule has 12 heteroatoms. The molecule has 0 aliphatic carbocycles. The number of hydrogen-bond donors (Lipinski definition) is 4. The number of nitrogens with one attached hydrogen (secondary N) is 3. The van der Waals surface area contributed by atoms with Gasteiger partial charge in [0.25, 0.3) is 11.6 Å². The molecule has 1 atom stereocenters. The molecule has 0 spiro atoms. The lowest BCUT2D eigenvalue weighted by Gasteiger charge is -2.10. The minimum Gasteiger partial charge on any atom is -0.494 e. The molecule has 3 rings (SSSR count). The van der Waals surface area contributed by atoms with E-state index in [2.05, 4.69) is 25.9 Å². The first-order chi connectivity index (χ1) is 15.2. The van der Waals surface area contributed by atoms with Crippen molar-refractivity contribution in [2.45, 2.75) is 19.4 Å². The highest BCUT2D eigenvalue weighted by Gasteiger charge is 2.29. The number of hydrogen-bond acceptors (Lipinski definition) is 7. The van der Waals surface area contributed by atoms with Gasteiger partial charge in [-0.2, -0.15) is 4.99 Å². The highest BCUT2D eigenvalue weighted by atomic mass is 16.6. The number of nitrogens with zero attached hydrogens (tertiary/aromatic N) is 3. The summed E-state index contributed by atoms with van der Waals surface area (Å²) in [6.07, 6.45) is -0.268. The second kappa shape index (κ2) is 9.55. The first kappa shape index (κ1) is 22.2. The van der Waals surface area contributed by atoms with Gasteiger partial charge in [-0.15, -0.1) is 0 Å². The van der Waals surface area contributed by atoms with Gasteiger partial charge in [0.2, 0.25) is 17.8 Å². The van der Waals surface area contributed by atoms with Crippen molar-refractivity contribution < 1.29 is 19.2 Å². The van der Waals surface area contributed by atoms with Crippen molar-refractivity contribution in [2.75, 3.05) is 17.7 Å². The molecule has 0 fully saturated rings. The Bertz CT molecular complexity index is 1110. The highest BCUT2D eigenvalue weighted by Crippen LogP contribution is 2.29. The monoisotopic (exact) mass is 439 g/mol. The maximum absolute atomic E-state index is 12.4. The summed E-state index contributed by atoms with van der Waals surface area (Å²) in [6, 6.07) is 10.2. The molecule has 32 heavy (non-hydrogen) atoms. The zero-order chi connectivity index (χ0) is 23.3. The molecule has 0 bridgehead atoms. The molecule has 0 aromatic heterocycles. The normalized spacial score (nSPS) is 15.6. The van der Waals surface area contributed by atoms with E-state index in [-0.39, 0.29) is 35.5 Å². The van der Waals surface area contributed by atoms with Gasteiger partial charge in [0, 0.05) is 11.8 Å². The molecular formula is C20H21N7O5. The number of nitro benzene ring substituents is 1. The summed E-state index contributed by atoms with van der Waals surface area (Å²) in [6.45, 7) is 1.96. The number of rotatable bonds is 6. The van der Waals surface area contributed by atoms with Crippen molar-refractivity contribution in [2.24, 2.45) is 15.7 Å². The Kier molecular flexibility index (Phi) is 6.63. The van der Waals surface area contributed by atoms with Crippen molar-refractivity contribution in [3.63, 3.8) is 0 Å². The van der Waals surface area contributed by atoms with Crippen molar-refractivity contribution in [1.82, 2.24) is 5.32 Å². The van der Waals surface area contributed by atoms with Crippen LogP contribution in [-0.2, 0) is 9.59 Å². The van der Waals surface area contributed by atoms with Gasteiger partial charge in [0.15, 0.2) is 0 Å². The van der Waals surface area contributed by atoms with E-state index >= 15 is 0 Å². The van der Waals surface area contributed by atoms with Crippen LogP contribution in [0.15, 0.2) is 52.4 Å². The lowest BCUT2D eigenvalue weighted by molar-refractivity contribution is -0.384. The predicted molar refractivity (Wildman–Crippen MR) is 119 cm³/mol. The first-order valence-corrected chi connectivity index (χ1v) is 9.44. The lowest BCUT2D eigenvalue weighted by Crippen LogP contribution is -2.32. The molecule has 1 aliphatic rings. The first-order valence-electron chi connectivity index (χ1n) is 9.44. The quantitative estimate of drug-likeness (QED) is 0.228. The van der Waals surface area contributed by atoms with Gasteiger partial charge in [-0.25, -0.2) is 4.99 Å². The second-order valence-corrected chi connectivity index (χ2v) is 6.84. The Balaban J connectivity index is 1.63. The van der Waals surface area contributed by atoms with E-state index in [1.165, 1.54) is 25.3 Å². The molecule has 0 saturated carbocycles. The number of guanidine groups is 2. The van der Waals surface area contributed by atoms with Crippen LogP contribution in [0.2, 0.25) is 0 Å². The summed E-state index contributed by atoms with van der Waals surface area (Å²) in [5, 5.41) is 18.8. The zero-order valence-corrected chi connectivity index (χ0v) is 17.3. The molecule has 166 valence electrons. The molecule has 2 aromatic carbocycles. The van der Waals surface area contributed by atoms with E-state index in [4.69, 9.17) is 10.5 Å². The Morgan fingerprint density at radius 1 is 1.28 bits per heavy atom. The summed E-state index contributed by atoms with van der Waals surface area (Å²) in [4.78, 5) is 42.9. The Hall–Kier alpha value is -4.48. The van der Waals surface area contributed by atoms with Crippen molar-refractivity contribution in [1.29, 1.82) is 0 Å². The van der Waals surface area contributed by atoms with Crippen LogP contribution in [-0.4, -0.2) is 41.8 Å². The Morgan fingerprint density at radius 2 is 2.00 bits per heavy atom. The molecule has 12 nitrogen and oxygen atoms in total. The molecule has 0 radical (unpaired) electrons. The minimum atomic E-state index is -0.995. The molecule has 5 N–H and O–H groups in total. The number of aliphatic imine (C=N–C) groups is 2. The fraction of sp³-hybridized carbons (Fsp3) is 0.200. The number of anilines is 2. The third-order valence-electron chi connectivity index (χ3n) is 4.41. The van der Waals surface area contributed by atoms with Crippen LogP contribution in [0.1, 0.15) is 12.0 Å².